The molecular formula is C18H20O4. The molecule has 2 aromatic carbocycles. The van der Waals surface area contributed by atoms with Gasteiger partial charge in [-0.1, -0.05) is 18.2 Å². The fraction of sp³-hybridized carbons (Fsp3) is 0.278. The van der Waals surface area contributed by atoms with Crippen LogP contribution in [0.4, 0.5) is 0 Å². The van der Waals surface area contributed by atoms with Crippen LogP contribution in [0.1, 0.15) is 23.6 Å². The van der Waals surface area contributed by atoms with Gasteiger partial charge < -0.3 is 14.9 Å². The zero-order valence-electron chi connectivity index (χ0n) is 13.0. The van der Waals surface area contributed by atoms with Crippen molar-refractivity contribution in [2.24, 2.45) is 0 Å². The lowest BCUT2D eigenvalue weighted by Crippen LogP contribution is -2.43. The number of benzene rings is 2. The number of phenolic OH excluding ortho intramolecular Hbond substituents is 1. The summed E-state index contributed by atoms with van der Waals surface area (Å²) in [6, 6.07) is 12.0. The van der Waals surface area contributed by atoms with E-state index in [0.717, 1.165) is 16.7 Å². The lowest BCUT2D eigenvalue weighted by atomic mass is 9.96. The summed E-state index contributed by atoms with van der Waals surface area (Å²) in [6.45, 7) is 5.50. The first-order valence-electron chi connectivity index (χ1n) is 7.08. The Hall–Kier alpha value is -2.49. The van der Waals surface area contributed by atoms with E-state index in [0.29, 0.717) is 5.75 Å². The van der Waals surface area contributed by atoms with Crippen molar-refractivity contribution >= 4 is 5.97 Å². The van der Waals surface area contributed by atoms with Gasteiger partial charge in [0.2, 0.25) is 5.60 Å². The molecule has 0 aliphatic carbocycles. The molecule has 0 aliphatic heterocycles. The summed E-state index contributed by atoms with van der Waals surface area (Å²) in [5.74, 6) is -0.346. The number of carbonyl (C=O) groups is 1. The van der Waals surface area contributed by atoms with E-state index in [9.17, 15) is 15.0 Å². The quantitative estimate of drug-likeness (QED) is 0.887. The Morgan fingerprint density at radius 3 is 2.27 bits per heavy atom. The number of aryl methyl sites for hydroxylation is 2. The van der Waals surface area contributed by atoms with E-state index in [1.54, 1.807) is 25.1 Å². The van der Waals surface area contributed by atoms with E-state index in [1.165, 1.54) is 12.1 Å². The predicted octanol–water partition coefficient (Wildman–Crippen LogP) is 3.47. The van der Waals surface area contributed by atoms with Crippen LogP contribution in [0.15, 0.2) is 42.5 Å². The van der Waals surface area contributed by atoms with Gasteiger partial charge in [0.25, 0.3) is 0 Å². The molecule has 116 valence electrons. The standard InChI is InChI=1S/C18H20O4/c1-12-4-9-16(10-13(12)2)22-18(3,17(20)21)11-14-5-7-15(19)8-6-14/h4-10,19H,11H2,1-3H3,(H,20,21). The van der Waals surface area contributed by atoms with Crippen molar-refractivity contribution in [2.45, 2.75) is 32.8 Å². The molecule has 1 unspecified atom stereocenters. The lowest BCUT2D eigenvalue weighted by molar-refractivity contribution is -0.153. The Balaban J connectivity index is 2.25. The average molecular weight is 300 g/mol. The van der Waals surface area contributed by atoms with Crippen LogP contribution in [-0.4, -0.2) is 21.8 Å². The molecule has 1 atom stereocenters. The Kier molecular flexibility index (Phi) is 4.40. The fourth-order valence-electron chi connectivity index (χ4n) is 2.20. The number of aromatic hydroxyl groups is 1. The van der Waals surface area contributed by atoms with Gasteiger partial charge in [-0.3, -0.25) is 0 Å². The van der Waals surface area contributed by atoms with E-state index in [-0.39, 0.29) is 12.2 Å². The first-order valence-corrected chi connectivity index (χ1v) is 7.08. The maximum absolute atomic E-state index is 11.7. The third kappa shape index (κ3) is 3.58. The van der Waals surface area contributed by atoms with E-state index in [1.807, 2.05) is 26.0 Å². The average Bonchev–Trinajstić information content (AvgIpc) is 2.45. The highest BCUT2D eigenvalue weighted by molar-refractivity contribution is 5.78. The van der Waals surface area contributed by atoms with Gasteiger partial charge in [-0.25, -0.2) is 4.79 Å². The first kappa shape index (κ1) is 15.9. The molecule has 0 saturated carbocycles. The highest BCUT2D eigenvalue weighted by Gasteiger charge is 2.36. The summed E-state index contributed by atoms with van der Waals surface area (Å²) in [5, 5.41) is 18.9. The molecule has 0 aromatic heterocycles. The number of phenols is 1. The smallest absolute Gasteiger partial charge is 0.348 e. The van der Waals surface area contributed by atoms with Crippen molar-refractivity contribution in [3.8, 4) is 11.5 Å². The lowest BCUT2D eigenvalue weighted by Gasteiger charge is -2.27. The number of carboxylic acid groups (broad SMARTS) is 1. The third-order valence-electron chi connectivity index (χ3n) is 3.75. The summed E-state index contributed by atoms with van der Waals surface area (Å²) in [7, 11) is 0. The number of rotatable bonds is 5. The van der Waals surface area contributed by atoms with Crippen molar-refractivity contribution in [2.75, 3.05) is 0 Å². The van der Waals surface area contributed by atoms with Crippen LogP contribution in [0.25, 0.3) is 0 Å². The molecule has 2 N–H and O–H groups in total. The second-order valence-corrected chi connectivity index (χ2v) is 5.73. The van der Waals surface area contributed by atoms with Crippen LogP contribution in [0.3, 0.4) is 0 Å². The highest BCUT2D eigenvalue weighted by atomic mass is 16.5. The molecule has 0 saturated heterocycles. The Morgan fingerprint density at radius 2 is 1.73 bits per heavy atom. The van der Waals surface area contributed by atoms with Crippen molar-refractivity contribution < 1.29 is 19.7 Å². The molecule has 0 radical (unpaired) electrons. The van der Waals surface area contributed by atoms with E-state index in [4.69, 9.17) is 4.74 Å². The van der Waals surface area contributed by atoms with Crippen molar-refractivity contribution in [3.63, 3.8) is 0 Å². The second-order valence-electron chi connectivity index (χ2n) is 5.73. The van der Waals surface area contributed by atoms with Gasteiger partial charge in [-0.15, -0.1) is 0 Å². The third-order valence-corrected chi connectivity index (χ3v) is 3.75. The van der Waals surface area contributed by atoms with Crippen molar-refractivity contribution in [3.05, 3.63) is 59.2 Å². The predicted molar refractivity (Wildman–Crippen MR) is 84.4 cm³/mol. The maximum atomic E-state index is 11.7. The number of aliphatic carboxylic acids is 1. The van der Waals surface area contributed by atoms with Gasteiger partial charge >= 0.3 is 5.97 Å². The molecule has 2 rings (SSSR count). The SMILES string of the molecule is Cc1ccc(OC(C)(Cc2ccc(O)cc2)C(=O)O)cc1C. The van der Waals surface area contributed by atoms with Crippen LogP contribution in [0, 0.1) is 13.8 Å². The van der Waals surface area contributed by atoms with Gasteiger partial charge in [-0.05, 0) is 61.7 Å². The van der Waals surface area contributed by atoms with Crippen LogP contribution in [0.2, 0.25) is 0 Å². The molecule has 0 heterocycles. The zero-order chi connectivity index (χ0) is 16.3. The number of ether oxygens (including phenoxy) is 1. The van der Waals surface area contributed by atoms with Crippen LogP contribution < -0.4 is 4.74 Å². The summed E-state index contributed by atoms with van der Waals surface area (Å²) < 4.78 is 5.77. The van der Waals surface area contributed by atoms with E-state index < -0.39 is 11.6 Å². The zero-order valence-corrected chi connectivity index (χ0v) is 13.0. The molecule has 0 aliphatic rings. The highest BCUT2D eigenvalue weighted by Crippen LogP contribution is 2.25. The van der Waals surface area contributed by atoms with Crippen LogP contribution in [-0.2, 0) is 11.2 Å². The Morgan fingerprint density at radius 1 is 1.09 bits per heavy atom. The minimum atomic E-state index is -1.38. The Bertz CT molecular complexity index is 676. The molecular weight excluding hydrogens is 280 g/mol. The topological polar surface area (TPSA) is 66.8 Å². The molecule has 22 heavy (non-hydrogen) atoms. The van der Waals surface area contributed by atoms with Crippen LogP contribution in [0.5, 0.6) is 11.5 Å². The normalized spacial score (nSPS) is 13.4. The number of hydrogen-bond acceptors (Lipinski definition) is 3. The number of hydrogen-bond donors (Lipinski definition) is 2. The van der Waals surface area contributed by atoms with Gasteiger partial charge in [0, 0.05) is 6.42 Å². The summed E-state index contributed by atoms with van der Waals surface area (Å²) >= 11 is 0. The van der Waals surface area contributed by atoms with E-state index >= 15 is 0 Å². The molecule has 0 bridgehead atoms. The molecule has 4 nitrogen and oxygen atoms in total. The summed E-state index contributed by atoms with van der Waals surface area (Å²) in [5.41, 5.74) is 1.59. The second kappa shape index (κ2) is 6.10. The molecule has 2 aromatic rings. The van der Waals surface area contributed by atoms with E-state index in [2.05, 4.69) is 0 Å². The molecule has 0 spiro atoms. The Labute approximate surface area is 130 Å². The van der Waals surface area contributed by atoms with Gasteiger partial charge in [0.15, 0.2) is 0 Å². The van der Waals surface area contributed by atoms with Crippen molar-refractivity contribution in [1.29, 1.82) is 0 Å². The monoisotopic (exact) mass is 300 g/mol. The summed E-state index contributed by atoms with van der Waals surface area (Å²) in [6.07, 6.45) is 0.204. The molecule has 0 fully saturated rings. The first-order chi connectivity index (χ1) is 10.3. The van der Waals surface area contributed by atoms with Crippen molar-refractivity contribution in [1.82, 2.24) is 0 Å². The minimum Gasteiger partial charge on any atom is -0.508 e. The van der Waals surface area contributed by atoms with Crippen LogP contribution >= 0.6 is 0 Å². The minimum absolute atomic E-state index is 0.149. The maximum Gasteiger partial charge on any atom is 0.348 e. The largest absolute Gasteiger partial charge is 0.508 e. The van der Waals surface area contributed by atoms with Gasteiger partial charge in [0.1, 0.15) is 11.5 Å². The molecule has 0 amide bonds. The molecule has 4 heteroatoms. The summed E-state index contributed by atoms with van der Waals surface area (Å²) in [4.78, 5) is 11.7. The van der Waals surface area contributed by atoms with Gasteiger partial charge in [-0.2, -0.15) is 0 Å². The number of carboxylic acids is 1. The van der Waals surface area contributed by atoms with Gasteiger partial charge in [0.05, 0.1) is 0 Å². The fourth-order valence-corrected chi connectivity index (χ4v) is 2.20.